The van der Waals surface area contributed by atoms with Gasteiger partial charge in [-0.25, -0.2) is 4.98 Å². The number of aromatic hydroxyl groups is 1. The summed E-state index contributed by atoms with van der Waals surface area (Å²) >= 11 is 0. The third kappa shape index (κ3) is 0.763. The Morgan fingerprint density at radius 3 is 3.17 bits per heavy atom. The lowest BCUT2D eigenvalue weighted by Gasteiger charge is -1.94. The van der Waals surface area contributed by atoms with Crippen LogP contribution in [0.2, 0.25) is 0 Å². The maximum Gasteiger partial charge on any atom is 0.215 e. The van der Waals surface area contributed by atoms with E-state index in [1.54, 1.807) is 0 Å². The van der Waals surface area contributed by atoms with Crippen LogP contribution in [-0.2, 0) is 0 Å². The summed E-state index contributed by atoms with van der Waals surface area (Å²) in [7, 11) is 0. The van der Waals surface area contributed by atoms with E-state index in [1.165, 1.54) is 23.0 Å². The van der Waals surface area contributed by atoms with Gasteiger partial charge in [0.15, 0.2) is 11.9 Å². The van der Waals surface area contributed by atoms with Crippen LogP contribution in [0.3, 0.4) is 0 Å². The van der Waals surface area contributed by atoms with Crippen molar-refractivity contribution in [1.82, 2.24) is 14.6 Å². The van der Waals surface area contributed by atoms with Gasteiger partial charge in [-0.15, -0.1) is 0 Å². The van der Waals surface area contributed by atoms with Crippen LogP contribution in [0.25, 0.3) is 5.65 Å². The first-order valence-corrected chi connectivity index (χ1v) is 3.30. The summed E-state index contributed by atoms with van der Waals surface area (Å²) in [5.41, 5.74) is 0.732. The molecule has 1 N–H and O–H groups in total. The number of carbonyl (C=O) groups excluding carboxylic acids is 1. The van der Waals surface area contributed by atoms with Crippen molar-refractivity contribution in [3.63, 3.8) is 0 Å². The molecule has 2 rings (SSSR count). The van der Waals surface area contributed by atoms with Crippen molar-refractivity contribution in [2.45, 2.75) is 0 Å². The summed E-state index contributed by atoms with van der Waals surface area (Å²) in [5, 5.41) is 13.0. The van der Waals surface area contributed by atoms with Gasteiger partial charge in [-0.1, -0.05) is 0 Å². The number of aldehydes is 1. The van der Waals surface area contributed by atoms with Crippen molar-refractivity contribution in [3.05, 3.63) is 24.0 Å². The number of hydrogen-bond donors (Lipinski definition) is 1. The lowest BCUT2D eigenvalue weighted by Crippen LogP contribution is -1.90. The quantitative estimate of drug-likeness (QED) is 0.612. The molecule has 12 heavy (non-hydrogen) atoms. The zero-order chi connectivity index (χ0) is 8.55. The Morgan fingerprint density at radius 1 is 1.58 bits per heavy atom. The van der Waals surface area contributed by atoms with Gasteiger partial charge in [-0.2, -0.15) is 9.61 Å². The average molecular weight is 163 g/mol. The minimum absolute atomic E-state index is 0.0342. The van der Waals surface area contributed by atoms with Gasteiger partial charge in [0.25, 0.3) is 0 Å². The highest BCUT2D eigenvalue weighted by molar-refractivity contribution is 5.83. The Kier molecular flexibility index (Phi) is 1.30. The second-order valence-electron chi connectivity index (χ2n) is 2.26. The molecule has 0 saturated carbocycles. The first-order valence-electron chi connectivity index (χ1n) is 3.30. The van der Waals surface area contributed by atoms with Gasteiger partial charge in [-0.05, 0) is 0 Å². The molecule has 5 heteroatoms. The lowest BCUT2D eigenvalue weighted by atomic mass is 10.4. The number of aromatic nitrogens is 3. The van der Waals surface area contributed by atoms with Gasteiger partial charge in [-0.3, -0.25) is 4.79 Å². The number of hydrogen-bond acceptors (Lipinski definition) is 4. The van der Waals surface area contributed by atoms with Gasteiger partial charge in [0.1, 0.15) is 0 Å². The molecule has 5 nitrogen and oxygen atoms in total. The summed E-state index contributed by atoms with van der Waals surface area (Å²) in [5.74, 6) is -0.0342. The smallest absolute Gasteiger partial charge is 0.215 e. The van der Waals surface area contributed by atoms with E-state index in [4.69, 9.17) is 0 Å². The number of carbonyl (C=O) groups is 1. The number of fused-ring (bicyclic) bond motifs is 1. The largest absolute Gasteiger partial charge is 0.493 e. The highest BCUT2D eigenvalue weighted by Crippen LogP contribution is 2.11. The third-order valence-corrected chi connectivity index (χ3v) is 1.54. The molecule has 0 spiro atoms. The normalized spacial score (nSPS) is 10.3. The molecule has 2 heterocycles. The molecule has 60 valence electrons. The minimum atomic E-state index is -0.0342. The van der Waals surface area contributed by atoms with Crippen molar-refractivity contribution in [2.75, 3.05) is 0 Å². The summed E-state index contributed by atoms with van der Waals surface area (Å²) in [6.45, 7) is 0. The molecule has 0 aliphatic carbocycles. The Labute approximate surface area is 67.3 Å². The fraction of sp³-hybridized carbons (Fsp3) is 0. The van der Waals surface area contributed by atoms with Gasteiger partial charge in [0, 0.05) is 12.3 Å². The van der Waals surface area contributed by atoms with E-state index in [9.17, 15) is 9.90 Å². The molecule has 0 bridgehead atoms. The first kappa shape index (κ1) is 6.78. The van der Waals surface area contributed by atoms with Crippen molar-refractivity contribution in [3.8, 4) is 5.88 Å². The molecular weight excluding hydrogens is 158 g/mol. The zero-order valence-electron chi connectivity index (χ0n) is 6.01. The van der Waals surface area contributed by atoms with Crippen LogP contribution in [0.1, 0.15) is 10.4 Å². The summed E-state index contributed by atoms with van der Waals surface area (Å²) in [4.78, 5) is 14.3. The molecule has 2 aromatic heterocycles. The first-order chi connectivity index (χ1) is 5.83. The lowest BCUT2D eigenvalue weighted by molar-refractivity contribution is 0.112. The molecule has 0 saturated heterocycles. The molecule has 0 aromatic carbocycles. The van der Waals surface area contributed by atoms with E-state index in [0.717, 1.165) is 0 Å². The Hall–Kier alpha value is -1.91. The van der Waals surface area contributed by atoms with Crippen molar-refractivity contribution in [1.29, 1.82) is 0 Å². The molecule has 0 radical (unpaired) electrons. The van der Waals surface area contributed by atoms with Crippen molar-refractivity contribution in [2.24, 2.45) is 0 Å². The number of nitrogens with zero attached hydrogens (tertiary/aromatic N) is 3. The van der Waals surface area contributed by atoms with E-state index in [2.05, 4.69) is 10.1 Å². The fourth-order valence-corrected chi connectivity index (χ4v) is 0.980. The topological polar surface area (TPSA) is 67.5 Å². The Balaban J connectivity index is 2.88. The summed E-state index contributed by atoms with van der Waals surface area (Å²) < 4.78 is 1.20. The van der Waals surface area contributed by atoms with E-state index in [-0.39, 0.29) is 5.88 Å². The minimum Gasteiger partial charge on any atom is -0.493 e. The van der Waals surface area contributed by atoms with E-state index in [0.29, 0.717) is 17.5 Å². The third-order valence-electron chi connectivity index (χ3n) is 1.54. The molecule has 0 amide bonds. The van der Waals surface area contributed by atoms with Gasteiger partial charge in [0.2, 0.25) is 5.88 Å². The maximum atomic E-state index is 10.4. The van der Waals surface area contributed by atoms with Crippen LogP contribution in [0.4, 0.5) is 0 Å². The van der Waals surface area contributed by atoms with Crippen LogP contribution in [0.5, 0.6) is 5.88 Å². The predicted octanol–water partition coefficient (Wildman–Crippen LogP) is 0.247. The van der Waals surface area contributed by atoms with Crippen molar-refractivity contribution < 1.29 is 9.90 Å². The van der Waals surface area contributed by atoms with E-state index < -0.39 is 0 Å². The van der Waals surface area contributed by atoms with Crippen LogP contribution in [0.15, 0.2) is 18.5 Å². The number of rotatable bonds is 1. The Bertz CT molecular complexity index is 435. The van der Waals surface area contributed by atoms with Crippen LogP contribution >= 0.6 is 0 Å². The van der Waals surface area contributed by atoms with E-state index in [1.807, 2.05) is 0 Å². The molecule has 0 fully saturated rings. The standard InChI is InChI=1S/C7H5N3O2/c11-4-5-3-9-10-6(12)1-2-8-7(5)10/h1-4,12H. The second-order valence-corrected chi connectivity index (χ2v) is 2.26. The van der Waals surface area contributed by atoms with Crippen LogP contribution in [-0.4, -0.2) is 26.0 Å². The predicted molar refractivity (Wildman–Crippen MR) is 40.0 cm³/mol. The SMILES string of the molecule is O=Cc1cnn2c(O)ccnc12. The zero-order valence-corrected chi connectivity index (χ0v) is 6.01. The summed E-state index contributed by atoms with van der Waals surface area (Å²) in [6, 6.07) is 1.40. The van der Waals surface area contributed by atoms with Crippen molar-refractivity contribution >= 4 is 11.9 Å². The molecule has 0 aliphatic rings. The highest BCUT2D eigenvalue weighted by Gasteiger charge is 2.05. The van der Waals surface area contributed by atoms with Crippen LogP contribution in [0, 0.1) is 0 Å². The summed E-state index contributed by atoms with van der Waals surface area (Å²) in [6.07, 6.45) is 3.42. The molecule has 0 aliphatic heterocycles. The highest BCUT2D eigenvalue weighted by atomic mass is 16.3. The van der Waals surface area contributed by atoms with Gasteiger partial charge >= 0.3 is 0 Å². The molecular formula is C7H5N3O2. The fourth-order valence-electron chi connectivity index (χ4n) is 0.980. The Morgan fingerprint density at radius 2 is 2.42 bits per heavy atom. The molecule has 2 aromatic rings. The van der Waals surface area contributed by atoms with Gasteiger partial charge in [0.05, 0.1) is 11.8 Å². The average Bonchev–Trinajstić information content (AvgIpc) is 2.49. The second kappa shape index (κ2) is 2.30. The maximum absolute atomic E-state index is 10.4. The monoisotopic (exact) mass is 163 g/mol. The van der Waals surface area contributed by atoms with Crippen LogP contribution < -0.4 is 0 Å². The van der Waals surface area contributed by atoms with E-state index >= 15 is 0 Å². The molecule has 0 atom stereocenters. The van der Waals surface area contributed by atoms with Gasteiger partial charge < -0.3 is 5.11 Å². The molecule has 0 unspecified atom stereocenters.